The third-order valence-corrected chi connectivity index (χ3v) is 7.25. The molecule has 4 rings (SSSR count). The van der Waals surface area contributed by atoms with Gasteiger partial charge in [-0.2, -0.15) is 0 Å². The number of phenolic OH excluding ortho intramolecular Hbond substituents is 2. The Hall–Kier alpha value is -3.43. The van der Waals surface area contributed by atoms with Crippen LogP contribution in [0.5, 0.6) is 11.5 Å². The zero-order chi connectivity index (χ0) is 26.3. The summed E-state index contributed by atoms with van der Waals surface area (Å²) in [6.45, 7) is 3.46. The van der Waals surface area contributed by atoms with Crippen LogP contribution < -0.4 is 0 Å². The van der Waals surface area contributed by atoms with Gasteiger partial charge in [0.15, 0.2) is 16.6 Å². The molecule has 2 saturated heterocycles. The minimum absolute atomic E-state index is 0.0171. The van der Waals surface area contributed by atoms with Crippen LogP contribution in [0.1, 0.15) is 37.1 Å². The number of ether oxygens (including phenoxy) is 2. The van der Waals surface area contributed by atoms with E-state index in [0.717, 1.165) is 0 Å². The molecule has 0 aliphatic carbocycles. The van der Waals surface area contributed by atoms with Crippen LogP contribution in [0.2, 0.25) is 0 Å². The molecule has 0 unspecified atom stereocenters. The molecule has 192 valence electrons. The standard InChI is InChI=1S/C27H32N2O7/c1-5-35-24(33)26-15-28(3)16-27(23(26)32,25(34)36-6-2)22(18-10-8-12-20(31)14-18)29(4)21(26)17-9-7-11-19(30)13-17/h7-14,21-22,30-31H,5-6,15-16H2,1-4H3/t21-,22+,26-,27+. The number of hydrogen-bond donors (Lipinski definition) is 2. The van der Waals surface area contributed by atoms with Crippen molar-refractivity contribution >= 4 is 17.7 Å². The van der Waals surface area contributed by atoms with Gasteiger partial charge in [-0.3, -0.25) is 19.3 Å². The molecule has 2 aromatic rings. The fraction of sp³-hybridized carbons (Fsp3) is 0.444. The monoisotopic (exact) mass is 496 g/mol. The fourth-order valence-corrected chi connectivity index (χ4v) is 6.20. The third kappa shape index (κ3) is 3.74. The SMILES string of the molecule is CCOC(=O)[C@]12CN(C)C[C@](C(=O)OCC)(C1=O)[C@@H](c1cccc(O)c1)N(C)[C@H]2c1cccc(O)c1. The van der Waals surface area contributed by atoms with Crippen LogP contribution >= 0.6 is 0 Å². The molecule has 0 spiro atoms. The van der Waals surface area contributed by atoms with Gasteiger partial charge in [0.1, 0.15) is 11.5 Å². The summed E-state index contributed by atoms with van der Waals surface area (Å²) in [5, 5.41) is 20.6. The van der Waals surface area contributed by atoms with E-state index in [1.165, 1.54) is 24.3 Å². The van der Waals surface area contributed by atoms with Gasteiger partial charge < -0.3 is 24.6 Å². The second-order valence-electron chi connectivity index (χ2n) is 9.55. The van der Waals surface area contributed by atoms with E-state index in [0.29, 0.717) is 11.1 Å². The van der Waals surface area contributed by atoms with E-state index in [2.05, 4.69) is 0 Å². The van der Waals surface area contributed by atoms with Crippen molar-refractivity contribution in [3.8, 4) is 11.5 Å². The van der Waals surface area contributed by atoms with Crippen molar-refractivity contribution in [3.05, 3.63) is 59.7 Å². The lowest BCUT2D eigenvalue weighted by atomic mass is 9.54. The number of carbonyl (C=O) groups is 3. The number of esters is 2. The third-order valence-electron chi connectivity index (χ3n) is 7.25. The number of piperidine rings is 2. The topological polar surface area (TPSA) is 117 Å². The van der Waals surface area contributed by atoms with Gasteiger partial charge in [-0.1, -0.05) is 24.3 Å². The van der Waals surface area contributed by atoms with Crippen LogP contribution in [0.25, 0.3) is 0 Å². The van der Waals surface area contributed by atoms with Gasteiger partial charge >= 0.3 is 11.9 Å². The predicted octanol–water partition coefficient (Wildman–Crippen LogP) is 2.44. The van der Waals surface area contributed by atoms with Crippen molar-refractivity contribution in [2.75, 3.05) is 40.4 Å². The zero-order valence-electron chi connectivity index (χ0n) is 20.9. The Morgan fingerprint density at radius 1 is 0.861 bits per heavy atom. The molecule has 0 aromatic heterocycles. The number of ketones is 1. The van der Waals surface area contributed by atoms with Crippen LogP contribution in [0.15, 0.2) is 48.5 Å². The van der Waals surface area contributed by atoms with Gasteiger partial charge in [-0.25, -0.2) is 0 Å². The number of Topliss-reactive ketones (excluding diaryl/α,β-unsaturated/α-hetero) is 1. The molecule has 9 nitrogen and oxygen atoms in total. The molecule has 2 aliphatic heterocycles. The van der Waals surface area contributed by atoms with Crippen molar-refractivity contribution in [3.63, 3.8) is 0 Å². The van der Waals surface area contributed by atoms with Gasteiger partial charge in [0.05, 0.1) is 25.3 Å². The molecule has 0 saturated carbocycles. The smallest absolute Gasteiger partial charge is 0.322 e. The first kappa shape index (κ1) is 25.7. The van der Waals surface area contributed by atoms with E-state index in [9.17, 15) is 24.6 Å². The molecule has 2 fully saturated rings. The predicted molar refractivity (Wildman–Crippen MR) is 130 cm³/mol. The number of benzene rings is 2. The molecular weight excluding hydrogens is 464 g/mol. The molecular formula is C27H32N2O7. The Balaban J connectivity index is 2.08. The van der Waals surface area contributed by atoms with Crippen LogP contribution in [0.3, 0.4) is 0 Å². The van der Waals surface area contributed by atoms with Gasteiger partial charge in [0.25, 0.3) is 0 Å². The van der Waals surface area contributed by atoms with Crippen LogP contribution in [0, 0.1) is 10.8 Å². The second-order valence-corrected chi connectivity index (χ2v) is 9.55. The summed E-state index contributed by atoms with van der Waals surface area (Å²) >= 11 is 0. The maximum Gasteiger partial charge on any atom is 0.322 e. The quantitative estimate of drug-likeness (QED) is 0.459. The van der Waals surface area contributed by atoms with Gasteiger partial charge in [-0.05, 0) is 63.3 Å². The summed E-state index contributed by atoms with van der Waals surface area (Å²) in [7, 11) is 3.49. The Morgan fingerprint density at radius 3 is 1.64 bits per heavy atom. The average molecular weight is 497 g/mol. The van der Waals surface area contributed by atoms with E-state index in [1.807, 2.05) is 4.90 Å². The lowest BCUT2D eigenvalue weighted by Crippen LogP contribution is -2.75. The van der Waals surface area contributed by atoms with Crippen molar-refractivity contribution in [2.24, 2.45) is 10.8 Å². The number of phenols is 2. The first-order valence-electron chi connectivity index (χ1n) is 12.0. The Morgan fingerprint density at radius 2 is 1.28 bits per heavy atom. The van der Waals surface area contributed by atoms with Crippen LogP contribution in [-0.4, -0.2) is 78.1 Å². The fourth-order valence-electron chi connectivity index (χ4n) is 6.20. The normalized spacial score (nSPS) is 28.5. The first-order valence-corrected chi connectivity index (χ1v) is 12.0. The van der Waals surface area contributed by atoms with Gasteiger partial charge in [-0.15, -0.1) is 0 Å². The molecule has 0 amide bonds. The average Bonchev–Trinajstić information content (AvgIpc) is 2.81. The molecule has 2 N–H and O–H groups in total. The Kier molecular flexibility index (Phi) is 6.81. The minimum atomic E-state index is -1.77. The maximum atomic E-state index is 14.7. The number of aromatic hydroxyl groups is 2. The highest BCUT2D eigenvalue weighted by Gasteiger charge is 2.74. The Bertz CT molecular complexity index is 1100. The summed E-state index contributed by atoms with van der Waals surface area (Å²) in [4.78, 5) is 45.9. The molecule has 2 aromatic carbocycles. The largest absolute Gasteiger partial charge is 0.508 e. The second kappa shape index (κ2) is 9.55. The highest BCUT2D eigenvalue weighted by molar-refractivity contribution is 6.17. The minimum Gasteiger partial charge on any atom is -0.508 e. The van der Waals surface area contributed by atoms with Crippen molar-refractivity contribution < 1.29 is 34.1 Å². The summed E-state index contributed by atoms with van der Waals surface area (Å²) in [6, 6.07) is 11.0. The molecule has 36 heavy (non-hydrogen) atoms. The number of rotatable bonds is 6. The van der Waals surface area contributed by atoms with Crippen molar-refractivity contribution in [1.29, 1.82) is 0 Å². The molecule has 2 bridgehead atoms. The van der Waals surface area contributed by atoms with Gasteiger partial charge in [0, 0.05) is 13.1 Å². The summed E-state index contributed by atoms with van der Waals surface area (Å²) in [5.41, 5.74) is -2.49. The van der Waals surface area contributed by atoms with E-state index in [4.69, 9.17) is 9.47 Å². The molecule has 9 heteroatoms. The summed E-state index contributed by atoms with van der Waals surface area (Å²) in [6.07, 6.45) is 0. The maximum absolute atomic E-state index is 14.7. The van der Waals surface area contributed by atoms with E-state index < -0.39 is 40.6 Å². The van der Waals surface area contributed by atoms with Crippen molar-refractivity contribution in [1.82, 2.24) is 9.80 Å². The van der Waals surface area contributed by atoms with E-state index in [-0.39, 0.29) is 37.8 Å². The van der Waals surface area contributed by atoms with Crippen molar-refractivity contribution in [2.45, 2.75) is 25.9 Å². The van der Waals surface area contributed by atoms with Gasteiger partial charge in [0.2, 0.25) is 0 Å². The summed E-state index contributed by atoms with van der Waals surface area (Å²) < 4.78 is 11.0. The van der Waals surface area contributed by atoms with E-state index in [1.54, 1.807) is 57.1 Å². The number of carbonyl (C=O) groups excluding carboxylic acids is 3. The first-order chi connectivity index (χ1) is 17.1. The highest BCUT2D eigenvalue weighted by Crippen LogP contribution is 2.60. The highest BCUT2D eigenvalue weighted by atomic mass is 16.5. The molecule has 2 aliphatic rings. The number of likely N-dealkylation sites (tertiary alicyclic amines) is 2. The number of nitrogens with zero attached hydrogens (tertiary/aromatic N) is 2. The van der Waals surface area contributed by atoms with Crippen LogP contribution in [-0.2, 0) is 23.9 Å². The Labute approximate surface area is 210 Å². The lowest BCUT2D eigenvalue weighted by molar-refractivity contribution is -0.203. The number of fused-ring (bicyclic) bond motifs is 2. The summed E-state index contributed by atoms with van der Waals surface area (Å²) in [5.74, 6) is -2.08. The van der Waals surface area contributed by atoms with Crippen LogP contribution in [0.4, 0.5) is 0 Å². The number of hydrogen-bond acceptors (Lipinski definition) is 9. The lowest BCUT2D eigenvalue weighted by Gasteiger charge is -2.61. The van der Waals surface area contributed by atoms with E-state index >= 15 is 0 Å². The molecule has 4 atom stereocenters. The zero-order valence-corrected chi connectivity index (χ0v) is 20.9. The molecule has 2 heterocycles. The molecule has 0 radical (unpaired) electrons.